The van der Waals surface area contributed by atoms with Gasteiger partial charge in [-0.15, -0.1) is 11.3 Å². The second kappa shape index (κ2) is 10.2. The lowest BCUT2D eigenvalue weighted by molar-refractivity contribution is 0.0220. The summed E-state index contributed by atoms with van der Waals surface area (Å²) < 4.78 is 10.6. The van der Waals surface area contributed by atoms with Crippen LogP contribution >= 0.6 is 11.3 Å². The number of carbonyl (C=O) groups is 4. The number of carbonyl (C=O) groups excluding carboxylic acids is 4. The van der Waals surface area contributed by atoms with E-state index in [0.29, 0.717) is 22.6 Å². The third-order valence-corrected chi connectivity index (χ3v) is 5.93. The summed E-state index contributed by atoms with van der Waals surface area (Å²) in [6.07, 6.45) is -0.145. The van der Waals surface area contributed by atoms with Crippen LogP contribution in [0.4, 0.5) is 4.79 Å². The zero-order valence-corrected chi connectivity index (χ0v) is 20.3. The molecule has 182 valence electrons. The first-order valence-corrected chi connectivity index (χ1v) is 11.7. The number of hydrogen-bond acceptors (Lipinski definition) is 8. The molecule has 0 saturated carbocycles. The van der Waals surface area contributed by atoms with Gasteiger partial charge in [0.25, 0.3) is 5.91 Å². The van der Waals surface area contributed by atoms with Crippen molar-refractivity contribution in [2.45, 2.75) is 51.8 Å². The number of benzene rings is 1. The van der Waals surface area contributed by atoms with Crippen LogP contribution in [-0.2, 0) is 9.47 Å². The van der Waals surface area contributed by atoms with Gasteiger partial charge in [-0.25, -0.2) is 14.6 Å². The molecule has 1 aromatic carbocycles. The lowest BCUT2D eigenvalue weighted by Crippen LogP contribution is -2.40. The Morgan fingerprint density at radius 1 is 1.18 bits per heavy atom. The number of nitrogens with one attached hydrogen (secondary N) is 1. The van der Waals surface area contributed by atoms with Gasteiger partial charge in [0.1, 0.15) is 10.6 Å². The Morgan fingerprint density at radius 3 is 2.41 bits per heavy atom. The molecule has 1 aliphatic rings. The Balaban J connectivity index is 1.78. The predicted octanol–water partition coefficient (Wildman–Crippen LogP) is 2.90. The van der Waals surface area contributed by atoms with Gasteiger partial charge in [0.2, 0.25) is 5.91 Å². The first kappa shape index (κ1) is 25.2. The van der Waals surface area contributed by atoms with Crippen molar-refractivity contribution in [2.75, 3.05) is 13.2 Å². The van der Waals surface area contributed by atoms with Gasteiger partial charge in [-0.2, -0.15) is 0 Å². The molecule has 3 rings (SSSR count). The number of rotatable bonds is 6. The van der Waals surface area contributed by atoms with Crippen LogP contribution < -0.4 is 11.1 Å². The van der Waals surface area contributed by atoms with Gasteiger partial charge in [-0.1, -0.05) is 0 Å². The number of likely N-dealkylation sites (tertiary alicyclic amines) is 1. The molecule has 34 heavy (non-hydrogen) atoms. The topological polar surface area (TPSA) is 141 Å². The minimum absolute atomic E-state index is 0.174. The Bertz CT molecular complexity index is 1080. The summed E-state index contributed by atoms with van der Waals surface area (Å²) in [5.41, 5.74) is 5.37. The predicted molar refractivity (Wildman–Crippen MR) is 125 cm³/mol. The van der Waals surface area contributed by atoms with Gasteiger partial charge in [0.05, 0.1) is 12.6 Å². The molecule has 1 aliphatic heterocycles. The van der Waals surface area contributed by atoms with Crippen molar-refractivity contribution in [3.8, 4) is 0 Å². The first-order valence-electron chi connectivity index (χ1n) is 10.8. The Labute approximate surface area is 201 Å². The van der Waals surface area contributed by atoms with Gasteiger partial charge >= 0.3 is 12.1 Å². The maximum atomic E-state index is 12.9. The average Bonchev–Trinajstić information content (AvgIpc) is 3.40. The first-order chi connectivity index (χ1) is 16.0. The summed E-state index contributed by atoms with van der Waals surface area (Å²) in [6.45, 7) is 7.46. The van der Waals surface area contributed by atoms with Crippen LogP contribution in [0.15, 0.2) is 29.6 Å². The maximum Gasteiger partial charge on any atom is 0.410 e. The number of aromatic nitrogens is 1. The second-order valence-electron chi connectivity index (χ2n) is 8.79. The number of ether oxygens (including phenoxy) is 2. The molecule has 2 heterocycles. The van der Waals surface area contributed by atoms with E-state index in [1.165, 1.54) is 40.5 Å². The fourth-order valence-corrected chi connectivity index (χ4v) is 4.40. The zero-order chi connectivity index (χ0) is 25.0. The third kappa shape index (κ3) is 6.10. The number of nitrogens with zero attached hydrogens (tertiary/aromatic N) is 2. The molecular formula is C23H28N4O6S. The monoisotopic (exact) mass is 488 g/mol. The summed E-state index contributed by atoms with van der Waals surface area (Å²) >= 11 is 1.24. The normalized spacial score (nSPS) is 17.8. The van der Waals surface area contributed by atoms with Crippen LogP contribution in [0.5, 0.6) is 0 Å². The minimum Gasteiger partial charge on any atom is -0.461 e. The van der Waals surface area contributed by atoms with E-state index in [0.717, 1.165) is 0 Å². The molecule has 1 unspecified atom stereocenters. The number of esters is 1. The molecule has 1 aromatic heterocycles. The molecule has 0 spiro atoms. The van der Waals surface area contributed by atoms with E-state index in [-0.39, 0.29) is 30.8 Å². The molecule has 0 aliphatic carbocycles. The molecule has 11 heteroatoms. The van der Waals surface area contributed by atoms with Crippen molar-refractivity contribution in [3.05, 3.63) is 51.5 Å². The maximum absolute atomic E-state index is 12.9. The summed E-state index contributed by atoms with van der Waals surface area (Å²) in [5.74, 6) is -1.46. The Kier molecular flexibility index (Phi) is 7.55. The SMILES string of the molecule is CCOC(=O)c1csc([C@@H]2CC(NC(=O)c3ccc(C(N)=O)cc3)CN2C(=O)OC(C)(C)C)n1. The molecular weight excluding hydrogens is 460 g/mol. The van der Waals surface area contributed by atoms with Crippen molar-refractivity contribution in [3.63, 3.8) is 0 Å². The molecule has 0 radical (unpaired) electrons. The van der Waals surface area contributed by atoms with E-state index >= 15 is 0 Å². The lowest BCUT2D eigenvalue weighted by atomic mass is 10.1. The molecule has 3 amide bonds. The second-order valence-corrected chi connectivity index (χ2v) is 9.68. The number of nitrogens with two attached hydrogens (primary N) is 1. The van der Waals surface area contributed by atoms with E-state index in [1.54, 1.807) is 33.1 Å². The molecule has 2 atom stereocenters. The zero-order valence-electron chi connectivity index (χ0n) is 19.5. The van der Waals surface area contributed by atoms with Crippen LogP contribution in [0.2, 0.25) is 0 Å². The van der Waals surface area contributed by atoms with E-state index in [4.69, 9.17) is 15.2 Å². The largest absolute Gasteiger partial charge is 0.461 e. The number of hydrogen-bond donors (Lipinski definition) is 2. The summed E-state index contributed by atoms with van der Waals surface area (Å²) in [5, 5.41) is 5.06. The van der Waals surface area contributed by atoms with Gasteiger partial charge in [0, 0.05) is 29.1 Å². The number of primary amides is 1. The molecule has 2 aromatic rings. The van der Waals surface area contributed by atoms with E-state index < -0.39 is 29.6 Å². The minimum atomic E-state index is -0.704. The highest BCUT2D eigenvalue weighted by Crippen LogP contribution is 2.35. The van der Waals surface area contributed by atoms with Crippen molar-refractivity contribution in [2.24, 2.45) is 5.73 Å². The summed E-state index contributed by atoms with van der Waals surface area (Å²) in [4.78, 5) is 54.9. The quantitative estimate of drug-likeness (QED) is 0.596. The highest BCUT2D eigenvalue weighted by atomic mass is 32.1. The van der Waals surface area contributed by atoms with E-state index in [2.05, 4.69) is 10.3 Å². The summed E-state index contributed by atoms with van der Waals surface area (Å²) in [6, 6.07) is 5.13. The fourth-order valence-electron chi connectivity index (χ4n) is 3.49. The van der Waals surface area contributed by atoms with Crippen molar-refractivity contribution in [1.82, 2.24) is 15.2 Å². The smallest absolute Gasteiger partial charge is 0.410 e. The van der Waals surface area contributed by atoms with Gasteiger partial charge in [0.15, 0.2) is 5.69 Å². The molecule has 1 saturated heterocycles. The van der Waals surface area contributed by atoms with E-state index in [1.807, 2.05) is 0 Å². The van der Waals surface area contributed by atoms with Crippen LogP contribution in [0.25, 0.3) is 0 Å². The van der Waals surface area contributed by atoms with E-state index in [9.17, 15) is 19.2 Å². The summed E-state index contributed by atoms with van der Waals surface area (Å²) in [7, 11) is 0. The highest BCUT2D eigenvalue weighted by Gasteiger charge is 2.40. The lowest BCUT2D eigenvalue weighted by Gasteiger charge is -2.27. The Morgan fingerprint density at radius 2 is 1.82 bits per heavy atom. The number of thiazole rings is 1. The van der Waals surface area contributed by atoms with Gasteiger partial charge in [-0.3, -0.25) is 14.5 Å². The molecule has 10 nitrogen and oxygen atoms in total. The van der Waals surface area contributed by atoms with Crippen LogP contribution in [-0.4, -0.2) is 58.6 Å². The molecule has 0 bridgehead atoms. The fraction of sp³-hybridized carbons (Fsp3) is 0.435. The standard InChI is InChI=1S/C23H28N4O6S/c1-5-32-21(30)16-12-34-20(26-16)17-10-15(11-27(17)22(31)33-23(2,3)4)25-19(29)14-8-6-13(7-9-14)18(24)28/h6-9,12,15,17H,5,10-11H2,1-4H3,(H2,24,28)(H,25,29)/t15?,17-/m0/s1. The van der Waals surface area contributed by atoms with Crippen LogP contribution in [0.1, 0.15) is 76.4 Å². The van der Waals surface area contributed by atoms with Gasteiger partial charge < -0.3 is 20.5 Å². The third-order valence-electron chi connectivity index (χ3n) is 4.99. The van der Waals surface area contributed by atoms with Crippen LogP contribution in [0.3, 0.4) is 0 Å². The molecule has 1 fully saturated rings. The van der Waals surface area contributed by atoms with Crippen LogP contribution in [0, 0.1) is 0 Å². The van der Waals surface area contributed by atoms with Crippen molar-refractivity contribution in [1.29, 1.82) is 0 Å². The highest BCUT2D eigenvalue weighted by molar-refractivity contribution is 7.09. The average molecular weight is 489 g/mol. The van der Waals surface area contributed by atoms with Crippen molar-refractivity contribution < 1.29 is 28.7 Å². The number of amides is 3. The van der Waals surface area contributed by atoms with Crippen molar-refractivity contribution >= 4 is 35.2 Å². The Hall–Kier alpha value is -3.47. The van der Waals surface area contributed by atoms with Gasteiger partial charge in [-0.05, 0) is 58.4 Å². The molecule has 3 N–H and O–H groups in total.